The predicted molar refractivity (Wildman–Crippen MR) is 151 cm³/mol. The lowest BCUT2D eigenvalue weighted by Gasteiger charge is -2.26. The summed E-state index contributed by atoms with van der Waals surface area (Å²) < 4.78 is 85.7. The molecule has 39 heavy (non-hydrogen) atoms. The van der Waals surface area contributed by atoms with E-state index in [0.717, 1.165) is 21.6 Å². The zero-order valence-corrected chi connectivity index (χ0v) is 23.2. The van der Waals surface area contributed by atoms with Crippen LogP contribution in [0.5, 0.6) is 0 Å². The average molecular weight is 571 g/mol. The van der Waals surface area contributed by atoms with Crippen LogP contribution in [0.15, 0.2) is 88.8 Å². The van der Waals surface area contributed by atoms with E-state index in [4.69, 9.17) is 8.85 Å². The van der Waals surface area contributed by atoms with E-state index in [-0.39, 0.29) is 38.7 Å². The van der Waals surface area contributed by atoms with Crippen LogP contribution in [0.4, 0.5) is 11.5 Å². The molecule has 0 aliphatic rings. The number of rotatable bonds is 9. The number of ether oxygens (including phenoxy) is 1. The first-order chi connectivity index (χ1) is 19.7. The number of fused-ring (bicyclic) bond motifs is 1. The molecule has 0 saturated heterocycles. The summed E-state index contributed by atoms with van der Waals surface area (Å²) >= 11 is 0. The summed E-state index contributed by atoms with van der Waals surface area (Å²) in [6.45, 7) is 1.24. The maximum absolute atomic E-state index is 13.9. The SMILES string of the molecule is [2H]C([2H])([2H])N(c1cnc(N(CC(=O)OCC)S(=O)(=O)c2ccc(C)cc2)c2ccccc12)S(=O)(=O)c1ccc(C)cc1. The fourth-order valence-corrected chi connectivity index (χ4v) is 6.38. The summed E-state index contributed by atoms with van der Waals surface area (Å²) in [4.78, 5) is 16.5. The van der Waals surface area contributed by atoms with Crippen molar-refractivity contribution in [1.29, 1.82) is 0 Å². The van der Waals surface area contributed by atoms with Crippen LogP contribution in [0.1, 0.15) is 22.2 Å². The quantitative estimate of drug-likeness (QED) is 0.274. The van der Waals surface area contributed by atoms with Crippen LogP contribution in [-0.2, 0) is 29.6 Å². The van der Waals surface area contributed by atoms with E-state index in [2.05, 4.69) is 4.98 Å². The van der Waals surface area contributed by atoms with Gasteiger partial charge >= 0.3 is 5.97 Å². The Hall–Kier alpha value is -3.96. The highest BCUT2D eigenvalue weighted by atomic mass is 32.2. The number of sulfonamides is 2. The van der Waals surface area contributed by atoms with E-state index < -0.39 is 39.5 Å². The van der Waals surface area contributed by atoms with Crippen molar-refractivity contribution in [1.82, 2.24) is 4.98 Å². The molecule has 1 aromatic heterocycles. The smallest absolute Gasteiger partial charge is 0.326 e. The van der Waals surface area contributed by atoms with Crippen molar-refractivity contribution in [3.63, 3.8) is 0 Å². The van der Waals surface area contributed by atoms with Crippen LogP contribution < -0.4 is 8.61 Å². The molecule has 4 rings (SSSR count). The Labute approximate surface area is 233 Å². The van der Waals surface area contributed by atoms with Gasteiger partial charge in [0.05, 0.1) is 28.3 Å². The van der Waals surface area contributed by atoms with Crippen molar-refractivity contribution < 1.29 is 30.5 Å². The third-order valence-corrected chi connectivity index (χ3v) is 9.25. The zero-order chi connectivity index (χ0) is 30.9. The highest BCUT2D eigenvalue weighted by molar-refractivity contribution is 7.93. The van der Waals surface area contributed by atoms with E-state index in [1.165, 1.54) is 36.4 Å². The van der Waals surface area contributed by atoms with Crippen molar-refractivity contribution >= 4 is 48.3 Å². The minimum Gasteiger partial charge on any atom is -0.465 e. The molecule has 0 saturated carbocycles. The Balaban J connectivity index is 1.97. The summed E-state index contributed by atoms with van der Waals surface area (Å²) in [5, 5.41) is 0.186. The summed E-state index contributed by atoms with van der Waals surface area (Å²) in [5.41, 5.74) is 1.31. The zero-order valence-electron chi connectivity index (χ0n) is 24.5. The van der Waals surface area contributed by atoms with Gasteiger partial charge in [0, 0.05) is 21.9 Å². The number of esters is 1. The Morgan fingerprint density at radius 3 is 1.92 bits per heavy atom. The van der Waals surface area contributed by atoms with E-state index in [9.17, 15) is 21.6 Å². The number of carbonyl (C=O) groups excluding carboxylic acids is 1. The standard InChI is InChI=1S/C28H29N3O6S2/c1-5-37-27(32)19-31(39(35,36)23-16-12-21(3)13-17-23)28-25-9-7-6-8-24(25)26(18-29-28)30(4)38(33,34)22-14-10-20(2)11-15-22/h6-18H,5,19H2,1-4H3/i4D3. The van der Waals surface area contributed by atoms with Gasteiger partial charge in [0.1, 0.15) is 6.54 Å². The van der Waals surface area contributed by atoms with Crippen LogP contribution in [0.2, 0.25) is 0 Å². The Morgan fingerprint density at radius 2 is 1.38 bits per heavy atom. The van der Waals surface area contributed by atoms with Crippen LogP contribution in [0.3, 0.4) is 0 Å². The predicted octanol–water partition coefficient (Wildman–Crippen LogP) is 4.44. The molecule has 0 aliphatic carbocycles. The summed E-state index contributed by atoms with van der Waals surface area (Å²) in [7, 11) is -9.02. The first-order valence-corrected chi connectivity index (χ1v) is 14.8. The molecule has 4 aromatic rings. The van der Waals surface area contributed by atoms with Gasteiger partial charge in [-0.1, -0.05) is 59.7 Å². The Bertz CT molecular complexity index is 1830. The van der Waals surface area contributed by atoms with Crippen molar-refractivity contribution in [2.45, 2.75) is 30.6 Å². The van der Waals surface area contributed by atoms with Crippen molar-refractivity contribution in [2.24, 2.45) is 0 Å². The molecule has 0 bridgehead atoms. The molecule has 3 aromatic carbocycles. The van der Waals surface area contributed by atoms with Gasteiger partial charge in [-0.25, -0.2) is 26.1 Å². The monoisotopic (exact) mass is 570 g/mol. The lowest BCUT2D eigenvalue weighted by molar-refractivity contribution is -0.141. The molecular weight excluding hydrogens is 538 g/mol. The van der Waals surface area contributed by atoms with Crippen LogP contribution >= 0.6 is 0 Å². The summed E-state index contributed by atoms with van der Waals surface area (Å²) in [6.07, 6.45) is 0.985. The molecule has 0 spiro atoms. The molecule has 0 amide bonds. The van der Waals surface area contributed by atoms with Crippen molar-refractivity contribution in [2.75, 3.05) is 28.7 Å². The van der Waals surface area contributed by atoms with Gasteiger partial charge in [-0.05, 0) is 45.0 Å². The van der Waals surface area contributed by atoms with Gasteiger partial charge in [0.25, 0.3) is 20.0 Å². The number of benzene rings is 3. The van der Waals surface area contributed by atoms with Gasteiger partial charge < -0.3 is 4.74 Å². The molecule has 9 nitrogen and oxygen atoms in total. The molecule has 0 fully saturated rings. The number of hydrogen-bond acceptors (Lipinski definition) is 7. The second-order valence-corrected chi connectivity index (χ2v) is 12.4. The van der Waals surface area contributed by atoms with Gasteiger partial charge in [-0.3, -0.25) is 9.10 Å². The number of carbonyl (C=O) groups is 1. The molecule has 0 radical (unpaired) electrons. The largest absolute Gasteiger partial charge is 0.465 e. The maximum Gasteiger partial charge on any atom is 0.326 e. The first kappa shape index (κ1) is 24.1. The molecule has 0 atom stereocenters. The van der Waals surface area contributed by atoms with E-state index in [1.807, 2.05) is 0 Å². The third kappa shape index (κ3) is 5.59. The van der Waals surface area contributed by atoms with E-state index in [0.29, 0.717) is 4.31 Å². The lowest BCUT2D eigenvalue weighted by atomic mass is 10.1. The Morgan fingerprint density at radius 1 is 0.846 bits per heavy atom. The fourth-order valence-electron chi connectivity index (χ4n) is 3.90. The molecule has 0 N–H and O–H groups in total. The van der Waals surface area contributed by atoms with Crippen molar-refractivity contribution in [3.8, 4) is 0 Å². The lowest BCUT2D eigenvalue weighted by Crippen LogP contribution is -2.37. The number of nitrogens with zero attached hydrogens (tertiary/aromatic N) is 3. The van der Waals surface area contributed by atoms with E-state index >= 15 is 0 Å². The van der Waals surface area contributed by atoms with Crippen LogP contribution in [0, 0.1) is 13.8 Å². The second kappa shape index (κ2) is 11.0. The number of hydrogen-bond donors (Lipinski definition) is 0. The Kier molecular flexibility index (Phi) is 6.82. The second-order valence-electron chi connectivity index (χ2n) is 8.72. The van der Waals surface area contributed by atoms with Crippen LogP contribution in [-0.4, -0.2) is 47.9 Å². The van der Waals surface area contributed by atoms with Gasteiger partial charge in [0.2, 0.25) is 0 Å². The first-order valence-electron chi connectivity index (χ1n) is 13.4. The highest BCUT2D eigenvalue weighted by Crippen LogP contribution is 2.36. The van der Waals surface area contributed by atoms with Gasteiger partial charge in [-0.15, -0.1) is 0 Å². The normalized spacial score (nSPS) is 13.3. The summed E-state index contributed by atoms with van der Waals surface area (Å²) in [5.74, 6) is -1.05. The number of pyridine rings is 1. The number of aryl methyl sites for hydroxylation is 2. The fraction of sp³-hybridized carbons (Fsp3) is 0.214. The molecule has 204 valence electrons. The molecule has 0 aliphatic heterocycles. The minimum atomic E-state index is -4.63. The van der Waals surface area contributed by atoms with Crippen molar-refractivity contribution in [3.05, 3.63) is 90.1 Å². The van der Waals surface area contributed by atoms with Gasteiger partial charge in [-0.2, -0.15) is 0 Å². The highest BCUT2D eigenvalue weighted by Gasteiger charge is 2.31. The molecule has 11 heteroatoms. The van der Waals surface area contributed by atoms with E-state index in [1.54, 1.807) is 57.2 Å². The average Bonchev–Trinajstić information content (AvgIpc) is 2.92. The molecular formula is C28H29N3O6S2. The maximum atomic E-state index is 13.9. The molecule has 0 unspecified atom stereocenters. The number of anilines is 2. The minimum absolute atomic E-state index is 0.00871. The summed E-state index contributed by atoms with van der Waals surface area (Å²) in [6, 6.07) is 17.8. The molecule has 1 heterocycles. The number of aromatic nitrogens is 1. The van der Waals surface area contributed by atoms with Gasteiger partial charge in [0.15, 0.2) is 5.82 Å². The topological polar surface area (TPSA) is 114 Å². The third-order valence-electron chi connectivity index (χ3n) is 5.95. The van der Waals surface area contributed by atoms with Crippen LogP contribution in [0.25, 0.3) is 10.8 Å².